The van der Waals surface area contributed by atoms with Crippen LogP contribution in [0.4, 0.5) is 26.3 Å². The first-order valence-electron chi connectivity index (χ1n) is 9.79. The van der Waals surface area contributed by atoms with E-state index in [1.54, 1.807) is 12.1 Å². The Morgan fingerprint density at radius 1 is 0.871 bits per heavy atom. The van der Waals surface area contributed by atoms with Crippen LogP contribution >= 0.6 is 0 Å². The Hall–Kier alpha value is -2.06. The van der Waals surface area contributed by atoms with Crippen molar-refractivity contribution in [2.75, 3.05) is 7.11 Å². The SMILES string of the molecule is CCC(C)c1ccc(C(C)(OC(OC)c2cc(C)cc(C(F)(F)F)c2)C(F)(F)F)cc1. The Morgan fingerprint density at radius 3 is 1.90 bits per heavy atom. The Kier molecular flexibility index (Phi) is 7.48. The van der Waals surface area contributed by atoms with Gasteiger partial charge in [-0.25, -0.2) is 0 Å². The second-order valence-corrected chi connectivity index (χ2v) is 7.78. The summed E-state index contributed by atoms with van der Waals surface area (Å²) >= 11 is 0. The highest BCUT2D eigenvalue weighted by Gasteiger charge is 2.55. The number of hydrogen-bond acceptors (Lipinski definition) is 2. The fraction of sp³-hybridized carbons (Fsp3) is 0.478. The van der Waals surface area contributed by atoms with Gasteiger partial charge in [-0.05, 0) is 49.4 Å². The summed E-state index contributed by atoms with van der Waals surface area (Å²) in [5.41, 5.74) is -3.00. The molecule has 3 unspecified atom stereocenters. The topological polar surface area (TPSA) is 18.5 Å². The molecule has 2 nitrogen and oxygen atoms in total. The maximum absolute atomic E-state index is 14.1. The zero-order chi connectivity index (χ0) is 23.6. The number of methoxy groups -OCH3 is 1. The van der Waals surface area contributed by atoms with Gasteiger partial charge in [0.1, 0.15) is 0 Å². The van der Waals surface area contributed by atoms with E-state index in [0.717, 1.165) is 38.2 Å². The van der Waals surface area contributed by atoms with Crippen molar-refractivity contribution in [2.24, 2.45) is 0 Å². The van der Waals surface area contributed by atoms with Gasteiger partial charge in [0.15, 0.2) is 11.9 Å². The van der Waals surface area contributed by atoms with E-state index in [1.165, 1.54) is 25.1 Å². The van der Waals surface area contributed by atoms with Crippen LogP contribution in [0.5, 0.6) is 0 Å². The third-order valence-electron chi connectivity index (χ3n) is 5.44. The van der Waals surface area contributed by atoms with Gasteiger partial charge in [0.2, 0.25) is 0 Å². The predicted molar refractivity (Wildman–Crippen MR) is 106 cm³/mol. The molecule has 0 fully saturated rings. The lowest BCUT2D eigenvalue weighted by Crippen LogP contribution is -2.43. The number of aryl methyl sites for hydroxylation is 1. The van der Waals surface area contributed by atoms with Crippen LogP contribution in [-0.2, 0) is 21.3 Å². The zero-order valence-corrected chi connectivity index (χ0v) is 18.0. The molecule has 0 saturated heterocycles. The second kappa shape index (κ2) is 9.20. The van der Waals surface area contributed by atoms with E-state index < -0.39 is 29.8 Å². The third kappa shape index (κ3) is 5.60. The molecule has 2 aromatic carbocycles. The van der Waals surface area contributed by atoms with Crippen molar-refractivity contribution >= 4 is 0 Å². The minimum atomic E-state index is -4.85. The fourth-order valence-corrected chi connectivity index (χ4v) is 3.24. The number of ether oxygens (including phenoxy) is 2. The maximum atomic E-state index is 14.1. The third-order valence-corrected chi connectivity index (χ3v) is 5.44. The molecule has 2 aromatic rings. The average molecular weight is 448 g/mol. The van der Waals surface area contributed by atoms with Crippen molar-refractivity contribution in [2.45, 2.75) is 64.3 Å². The molecule has 0 amide bonds. The lowest BCUT2D eigenvalue weighted by molar-refractivity contribution is -0.324. The predicted octanol–water partition coefficient (Wildman–Crippen LogP) is 7.67. The van der Waals surface area contributed by atoms with Crippen LogP contribution in [0.25, 0.3) is 0 Å². The molecule has 8 heteroatoms. The van der Waals surface area contributed by atoms with E-state index in [-0.39, 0.29) is 22.6 Å². The smallest absolute Gasteiger partial charge is 0.352 e. The summed E-state index contributed by atoms with van der Waals surface area (Å²) in [6, 6.07) is 8.83. The average Bonchev–Trinajstić information content (AvgIpc) is 2.69. The van der Waals surface area contributed by atoms with Gasteiger partial charge >= 0.3 is 12.4 Å². The highest BCUT2D eigenvalue weighted by atomic mass is 19.4. The molecule has 0 aliphatic heterocycles. The molecule has 0 spiro atoms. The van der Waals surface area contributed by atoms with E-state index in [4.69, 9.17) is 9.47 Å². The molecular weight excluding hydrogens is 422 g/mol. The molecule has 0 N–H and O–H groups in total. The van der Waals surface area contributed by atoms with E-state index in [9.17, 15) is 26.3 Å². The van der Waals surface area contributed by atoms with Crippen molar-refractivity contribution < 1.29 is 35.8 Å². The number of rotatable bonds is 7. The van der Waals surface area contributed by atoms with Gasteiger partial charge in [-0.2, -0.15) is 26.3 Å². The van der Waals surface area contributed by atoms with Crippen LogP contribution < -0.4 is 0 Å². The van der Waals surface area contributed by atoms with Crippen LogP contribution in [-0.4, -0.2) is 13.3 Å². The van der Waals surface area contributed by atoms with Crippen molar-refractivity contribution in [3.63, 3.8) is 0 Å². The van der Waals surface area contributed by atoms with Crippen LogP contribution in [0.2, 0.25) is 0 Å². The number of halogens is 6. The van der Waals surface area contributed by atoms with Gasteiger partial charge < -0.3 is 9.47 Å². The molecule has 0 saturated carbocycles. The summed E-state index contributed by atoms with van der Waals surface area (Å²) in [5.74, 6) is 0.173. The van der Waals surface area contributed by atoms with Gasteiger partial charge in [-0.15, -0.1) is 0 Å². The van der Waals surface area contributed by atoms with Gasteiger partial charge in [-0.3, -0.25) is 0 Å². The van der Waals surface area contributed by atoms with Crippen molar-refractivity contribution in [1.29, 1.82) is 0 Å². The van der Waals surface area contributed by atoms with Gasteiger partial charge in [0.05, 0.1) is 5.56 Å². The molecule has 31 heavy (non-hydrogen) atoms. The first-order valence-corrected chi connectivity index (χ1v) is 9.79. The number of benzene rings is 2. The summed E-state index contributed by atoms with van der Waals surface area (Å²) in [6.45, 7) is 6.20. The molecule has 0 aliphatic rings. The number of hydrogen-bond donors (Lipinski definition) is 0. The maximum Gasteiger partial charge on any atom is 0.421 e. The highest BCUT2D eigenvalue weighted by molar-refractivity contribution is 5.33. The molecule has 3 atom stereocenters. The largest absolute Gasteiger partial charge is 0.421 e. The van der Waals surface area contributed by atoms with Gasteiger partial charge in [0.25, 0.3) is 0 Å². The Bertz CT molecular complexity index is 873. The Labute approximate surface area is 178 Å². The molecular formula is C23H26F6O2. The Morgan fingerprint density at radius 2 is 1.45 bits per heavy atom. The summed E-state index contributed by atoms with van der Waals surface area (Å²) in [7, 11) is 1.09. The van der Waals surface area contributed by atoms with Crippen LogP contribution in [0.15, 0.2) is 42.5 Å². The monoisotopic (exact) mass is 448 g/mol. The quantitative estimate of drug-likeness (QED) is 0.320. The van der Waals surface area contributed by atoms with E-state index >= 15 is 0 Å². The first-order chi connectivity index (χ1) is 14.2. The second-order valence-electron chi connectivity index (χ2n) is 7.78. The summed E-state index contributed by atoms with van der Waals surface area (Å²) in [6.07, 6.45) is -10.3. The molecule has 0 bridgehead atoms. The molecule has 0 aliphatic carbocycles. The van der Waals surface area contributed by atoms with E-state index in [0.29, 0.717) is 0 Å². The molecule has 2 rings (SSSR count). The Balaban J connectivity index is 2.49. The van der Waals surface area contributed by atoms with Crippen LogP contribution in [0.3, 0.4) is 0 Å². The van der Waals surface area contributed by atoms with Gasteiger partial charge in [0, 0.05) is 12.7 Å². The molecule has 0 radical (unpaired) electrons. The number of alkyl halides is 6. The summed E-state index contributed by atoms with van der Waals surface area (Å²) in [5, 5.41) is 0. The van der Waals surface area contributed by atoms with Crippen LogP contribution in [0.1, 0.15) is 67.2 Å². The minimum absolute atomic E-state index is 0.151. The summed E-state index contributed by atoms with van der Waals surface area (Å²) in [4.78, 5) is 0. The minimum Gasteiger partial charge on any atom is -0.352 e. The van der Waals surface area contributed by atoms with Crippen molar-refractivity contribution in [3.8, 4) is 0 Å². The highest BCUT2D eigenvalue weighted by Crippen LogP contribution is 2.46. The first kappa shape index (κ1) is 25.2. The normalized spacial score (nSPS) is 16.6. The molecule has 0 heterocycles. The fourth-order valence-electron chi connectivity index (χ4n) is 3.24. The lowest BCUT2D eigenvalue weighted by atomic mass is 9.91. The van der Waals surface area contributed by atoms with Gasteiger partial charge in [-0.1, -0.05) is 49.7 Å². The molecule has 0 aromatic heterocycles. The van der Waals surface area contributed by atoms with E-state index in [2.05, 4.69) is 0 Å². The van der Waals surface area contributed by atoms with E-state index in [1.807, 2.05) is 13.8 Å². The van der Waals surface area contributed by atoms with Crippen LogP contribution in [0, 0.1) is 6.92 Å². The zero-order valence-electron chi connectivity index (χ0n) is 18.0. The lowest BCUT2D eigenvalue weighted by Gasteiger charge is -2.36. The standard InChI is InChI=1S/C23H26F6O2/c1-6-15(3)16-7-9-18(10-8-16)21(4,23(27,28)29)31-20(30-5)17-11-14(2)12-19(13-17)22(24,25)26/h7-13,15,20H,6H2,1-5H3. The van der Waals surface area contributed by atoms with Crippen molar-refractivity contribution in [1.82, 2.24) is 0 Å². The molecule has 172 valence electrons. The van der Waals surface area contributed by atoms with Crippen molar-refractivity contribution in [3.05, 3.63) is 70.3 Å². The summed E-state index contributed by atoms with van der Waals surface area (Å²) < 4.78 is 92.3.